The Labute approximate surface area is 305 Å². The predicted octanol–water partition coefficient (Wildman–Crippen LogP) is 11.9. The second-order valence-corrected chi connectivity index (χ2v) is 13.4. The SMILES string of the molecule is CCC(C)(CC)C(=O)/C=C(\O)C(C)(CC)CC.Cc1nc(-c2[c-]ccc3c4c(oc23)C=CCC4)c2ccc3cccc(C(F)(F)F)c3c2n1.[Ir]. The fourth-order valence-electron chi connectivity index (χ4n) is 6.30. The van der Waals surface area contributed by atoms with Crippen LogP contribution in [0.4, 0.5) is 13.2 Å². The molecular formula is C41H44F3IrN2O3-. The van der Waals surface area contributed by atoms with E-state index in [1.54, 1.807) is 25.1 Å². The number of hydrogen-bond donors (Lipinski definition) is 1. The Kier molecular flexibility index (Phi) is 11.9. The molecule has 267 valence electrons. The quantitative estimate of drug-likeness (QED) is 0.0728. The van der Waals surface area contributed by atoms with Gasteiger partial charge in [0.2, 0.25) is 0 Å². The van der Waals surface area contributed by atoms with E-state index in [1.165, 1.54) is 12.1 Å². The van der Waals surface area contributed by atoms with E-state index in [0.29, 0.717) is 33.4 Å². The molecule has 50 heavy (non-hydrogen) atoms. The summed E-state index contributed by atoms with van der Waals surface area (Å²) in [5.74, 6) is 1.49. The van der Waals surface area contributed by atoms with Gasteiger partial charge in [0.15, 0.2) is 5.78 Å². The fraction of sp³-hybridized carbons (Fsp3) is 0.390. The number of allylic oxidation sites excluding steroid dienone is 3. The maximum atomic E-state index is 13.8. The van der Waals surface area contributed by atoms with Crippen LogP contribution < -0.4 is 0 Å². The van der Waals surface area contributed by atoms with E-state index in [1.807, 2.05) is 59.8 Å². The third-order valence-electron chi connectivity index (χ3n) is 10.6. The molecule has 0 fully saturated rings. The smallest absolute Gasteiger partial charge is 0.417 e. The van der Waals surface area contributed by atoms with E-state index in [0.717, 1.165) is 61.3 Å². The van der Waals surface area contributed by atoms with E-state index in [4.69, 9.17) is 4.42 Å². The van der Waals surface area contributed by atoms with Crippen LogP contribution in [0, 0.1) is 23.8 Å². The van der Waals surface area contributed by atoms with Crippen LogP contribution in [0.3, 0.4) is 0 Å². The Morgan fingerprint density at radius 3 is 2.28 bits per heavy atom. The molecule has 2 aromatic heterocycles. The second kappa shape index (κ2) is 15.2. The third-order valence-corrected chi connectivity index (χ3v) is 10.6. The minimum atomic E-state index is -4.49. The summed E-state index contributed by atoms with van der Waals surface area (Å²) in [6.45, 7) is 13.8. The Balaban J connectivity index is 0.000000269. The summed E-state index contributed by atoms with van der Waals surface area (Å²) in [7, 11) is 0. The molecular weight excluding hydrogens is 818 g/mol. The molecule has 3 aromatic carbocycles. The van der Waals surface area contributed by atoms with Gasteiger partial charge in [0.25, 0.3) is 0 Å². The zero-order valence-corrected chi connectivity index (χ0v) is 32.0. The molecule has 0 saturated carbocycles. The summed E-state index contributed by atoms with van der Waals surface area (Å²) in [4.78, 5) is 21.2. The summed E-state index contributed by atoms with van der Waals surface area (Å²) in [6, 6.07) is 14.6. The van der Waals surface area contributed by atoms with Gasteiger partial charge in [-0.15, -0.1) is 18.2 Å². The first-order valence-electron chi connectivity index (χ1n) is 17.1. The van der Waals surface area contributed by atoms with Crippen LogP contribution in [-0.2, 0) is 37.5 Å². The molecule has 9 heteroatoms. The van der Waals surface area contributed by atoms with Gasteiger partial charge in [-0.1, -0.05) is 82.8 Å². The number of carbonyl (C=O) groups excluding carboxylic acids is 1. The van der Waals surface area contributed by atoms with Crippen molar-refractivity contribution in [3.05, 3.63) is 89.2 Å². The number of furan rings is 1. The summed E-state index contributed by atoms with van der Waals surface area (Å²) < 4.78 is 47.7. The monoisotopic (exact) mass is 862 g/mol. The first-order chi connectivity index (χ1) is 23.2. The zero-order valence-electron chi connectivity index (χ0n) is 29.6. The van der Waals surface area contributed by atoms with Gasteiger partial charge in [0, 0.05) is 48.1 Å². The summed E-state index contributed by atoms with van der Waals surface area (Å²) in [5.41, 5.74) is 1.90. The maximum Gasteiger partial charge on any atom is 0.417 e. The first kappa shape index (κ1) is 39.0. The van der Waals surface area contributed by atoms with Crippen molar-refractivity contribution >= 4 is 44.5 Å². The largest absolute Gasteiger partial charge is 0.512 e. The van der Waals surface area contributed by atoms with Crippen molar-refractivity contribution in [2.75, 3.05) is 0 Å². The van der Waals surface area contributed by atoms with Gasteiger partial charge in [-0.3, -0.25) is 9.78 Å². The molecule has 6 rings (SSSR count). The van der Waals surface area contributed by atoms with Crippen LogP contribution in [0.25, 0.3) is 50.0 Å². The molecule has 5 nitrogen and oxygen atoms in total. The molecule has 5 aromatic rings. The van der Waals surface area contributed by atoms with Gasteiger partial charge in [-0.25, -0.2) is 4.98 Å². The number of hydrogen-bond acceptors (Lipinski definition) is 5. The van der Waals surface area contributed by atoms with Crippen molar-refractivity contribution in [3.8, 4) is 11.3 Å². The molecule has 0 bridgehead atoms. The fourth-order valence-corrected chi connectivity index (χ4v) is 6.30. The molecule has 1 aliphatic carbocycles. The first-order valence-corrected chi connectivity index (χ1v) is 17.1. The van der Waals surface area contributed by atoms with Crippen molar-refractivity contribution in [1.82, 2.24) is 9.97 Å². The van der Waals surface area contributed by atoms with Gasteiger partial charge in [0.05, 0.1) is 16.7 Å². The number of aliphatic hydroxyl groups excluding tert-OH is 1. The van der Waals surface area contributed by atoms with Gasteiger partial charge < -0.3 is 9.52 Å². The number of benzene rings is 3. The van der Waals surface area contributed by atoms with Crippen molar-refractivity contribution in [2.45, 2.75) is 93.2 Å². The minimum absolute atomic E-state index is 0. The number of rotatable bonds is 8. The zero-order chi connectivity index (χ0) is 35.7. The van der Waals surface area contributed by atoms with Crippen molar-refractivity contribution < 1.29 is 47.6 Å². The minimum Gasteiger partial charge on any atom is -0.512 e. The number of fused-ring (bicyclic) bond motifs is 6. The molecule has 0 spiro atoms. The topological polar surface area (TPSA) is 76.2 Å². The molecule has 0 amide bonds. The van der Waals surface area contributed by atoms with Crippen molar-refractivity contribution in [3.63, 3.8) is 0 Å². The molecule has 0 atom stereocenters. The predicted molar refractivity (Wildman–Crippen MR) is 191 cm³/mol. The number of halogens is 3. The molecule has 0 aliphatic heterocycles. The van der Waals surface area contributed by atoms with Crippen LogP contribution in [0.1, 0.15) is 96.4 Å². The van der Waals surface area contributed by atoms with Crippen LogP contribution in [0.2, 0.25) is 0 Å². The van der Waals surface area contributed by atoms with Crippen LogP contribution >= 0.6 is 0 Å². The summed E-state index contributed by atoms with van der Waals surface area (Å²) in [5, 5.41) is 12.2. The maximum absolute atomic E-state index is 13.8. The number of aliphatic hydroxyl groups is 1. The van der Waals surface area contributed by atoms with E-state index < -0.39 is 11.7 Å². The Bertz CT molecular complexity index is 2090. The van der Waals surface area contributed by atoms with Crippen LogP contribution in [-0.4, -0.2) is 20.9 Å². The molecule has 1 radical (unpaired) electrons. The van der Waals surface area contributed by atoms with E-state index >= 15 is 0 Å². The Morgan fingerprint density at radius 1 is 0.960 bits per heavy atom. The summed E-state index contributed by atoms with van der Waals surface area (Å²) in [6.07, 6.45) is 6.12. The number of alkyl halides is 3. The summed E-state index contributed by atoms with van der Waals surface area (Å²) >= 11 is 0. The number of carbonyl (C=O) groups is 1. The number of aryl methyl sites for hydroxylation is 2. The van der Waals surface area contributed by atoms with E-state index in [2.05, 4.69) is 22.1 Å². The third kappa shape index (κ3) is 7.31. The molecule has 2 heterocycles. The number of aromatic nitrogens is 2. The normalized spacial score (nSPS) is 13.6. The molecule has 1 N–H and O–H groups in total. The van der Waals surface area contributed by atoms with E-state index in [-0.39, 0.29) is 53.4 Å². The van der Waals surface area contributed by atoms with Crippen LogP contribution in [0.5, 0.6) is 0 Å². The number of nitrogens with zero attached hydrogens (tertiary/aromatic N) is 2. The van der Waals surface area contributed by atoms with E-state index in [9.17, 15) is 23.1 Å². The Hall–Kier alpha value is -3.81. The number of ketones is 1. The van der Waals surface area contributed by atoms with Gasteiger partial charge >= 0.3 is 6.18 Å². The van der Waals surface area contributed by atoms with Crippen molar-refractivity contribution in [1.29, 1.82) is 0 Å². The van der Waals surface area contributed by atoms with Gasteiger partial charge in [-0.2, -0.15) is 13.2 Å². The van der Waals surface area contributed by atoms with Crippen molar-refractivity contribution in [2.24, 2.45) is 10.8 Å². The molecule has 0 unspecified atom stereocenters. The van der Waals surface area contributed by atoms with Gasteiger partial charge in [0.1, 0.15) is 17.3 Å². The molecule has 1 aliphatic rings. The van der Waals surface area contributed by atoms with Crippen LogP contribution in [0.15, 0.2) is 64.8 Å². The standard InChI is InChI=1S/C26H16F3N2O.C15H28O2.Ir/c1-14-30-23(19-9-5-8-17-16-7-2-3-11-21(16)32-25(17)19)18-13-12-15-6-4-10-20(26(27,28)29)22(15)24(18)31-14;1-7-14(5,8-2)12(16)11-13(17)15(6,9-3)10-4;/h3-6,8,10-13H,2,7H2,1H3;11,16H,7-10H2,1-6H3;/q-1;;/b;12-11-;. The van der Waals surface area contributed by atoms with Gasteiger partial charge in [-0.05, 0) is 73.9 Å². The molecule has 0 saturated heterocycles. The second-order valence-electron chi connectivity index (χ2n) is 13.4. The Morgan fingerprint density at radius 2 is 1.64 bits per heavy atom. The average molecular weight is 862 g/mol. The average Bonchev–Trinajstić information content (AvgIpc) is 3.49.